The number of carbonyl (C=O) groups excluding carboxylic acids is 2. The topological polar surface area (TPSA) is 67.9 Å². The molecule has 0 saturated carbocycles. The number of rotatable bonds is 7. The molecular weight excluding hydrogens is 320 g/mol. The predicted molar refractivity (Wildman–Crippen MR) is 95.5 cm³/mol. The van der Waals surface area contributed by atoms with E-state index >= 15 is 0 Å². The largest absolute Gasteiger partial charge is 0.497 e. The summed E-state index contributed by atoms with van der Waals surface area (Å²) >= 11 is 0. The van der Waals surface area contributed by atoms with Gasteiger partial charge in [0.2, 0.25) is 11.8 Å². The Labute approximate surface area is 149 Å². The van der Waals surface area contributed by atoms with Crippen LogP contribution in [0.25, 0.3) is 0 Å². The van der Waals surface area contributed by atoms with Crippen LogP contribution in [0.1, 0.15) is 25.3 Å². The number of nitrogens with one attached hydrogen (secondary N) is 1. The minimum Gasteiger partial charge on any atom is -0.497 e. The zero-order valence-electron chi connectivity index (χ0n) is 15.3. The summed E-state index contributed by atoms with van der Waals surface area (Å²) in [6.45, 7) is 3.52. The first kappa shape index (κ1) is 19.2. The first-order valence-electron chi connectivity index (χ1n) is 8.74. The predicted octanol–water partition coefficient (Wildman–Crippen LogP) is 1.63. The first-order valence-corrected chi connectivity index (χ1v) is 8.74. The Morgan fingerprint density at radius 3 is 2.56 bits per heavy atom. The van der Waals surface area contributed by atoms with Crippen molar-refractivity contribution in [1.82, 2.24) is 10.2 Å². The Morgan fingerprint density at radius 2 is 1.92 bits per heavy atom. The van der Waals surface area contributed by atoms with Crippen LogP contribution in [0.15, 0.2) is 24.3 Å². The SMILES string of the molecule is COCCNC(=O)[C@H]1CC[C@@H](C)N(C(=O)Cc2ccc(OC)cc2)C1. The molecule has 0 radical (unpaired) electrons. The molecule has 25 heavy (non-hydrogen) atoms. The average molecular weight is 348 g/mol. The van der Waals surface area contributed by atoms with Crippen molar-refractivity contribution in [2.75, 3.05) is 33.9 Å². The summed E-state index contributed by atoms with van der Waals surface area (Å²) in [5, 5.41) is 2.87. The fourth-order valence-electron chi connectivity index (χ4n) is 3.11. The Kier molecular flexibility index (Phi) is 7.25. The van der Waals surface area contributed by atoms with Gasteiger partial charge in [0.25, 0.3) is 0 Å². The maximum Gasteiger partial charge on any atom is 0.227 e. The van der Waals surface area contributed by atoms with Crippen LogP contribution in [-0.2, 0) is 20.7 Å². The lowest BCUT2D eigenvalue weighted by Crippen LogP contribution is -2.50. The molecule has 1 aromatic carbocycles. The molecule has 0 bridgehead atoms. The van der Waals surface area contributed by atoms with E-state index in [0.29, 0.717) is 26.1 Å². The molecule has 0 spiro atoms. The second-order valence-electron chi connectivity index (χ2n) is 6.48. The molecule has 0 aliphatic carbocycles. The van der Waals surface area contributed by atoms with Crippen molar-refractivity contribution < 1.29 is 19.1 Å². The summed E-state index contributed by atoms with van der Waals surface area (Å²) in [7, 11) is 3.22. The van der Waals surface area contributed by atoms with Crippen molar-refractivity contribution in [2.24, 2.45) is 5.92 Å². The molecule has 2 amide bonds. The number of nitrogens with zero attached hydrogens (tertiary/aromatic N) is 1. The summed E-state index contributed by atoms with van der Waals surface area (Å²) in [5.41, 5.74) is 0.949. The monoisotopic (exact) mass is 348 g/mol. The van der Waals surface area contributed by atoms with Crippen LogP contribution in [0.4, 0.5) is 0 Å². The molecule has 1 saturated heterocycles. The van der Waals surface area contributed by atoms with Crippen LogP contribution in [0.2, 0.25) is 0 Å². The maximum atomic E-state index is 12.7. The van der Waals surface area contributed by atoms with Gasteiger partial charge in [-0.25, -0.2) is 0 Å². The van der Waals surface area contributed by atoms with E-state index in [1.54, 1.807) is 14.2 Å². The van der Waals surface area contributed by atoms with Gasteiger partial charge in [0.1, 0.15) is 5.75 Å². The van der Waals surface area contributed by atoms with Gasteiger partial charge in [0.15, 0.2) is 0 Å². The van der Waals surface area contributed by atoms with Crippen LogP contribution in [-0.4, -0.2) is 56.7 Å². The van der Waals surface area contributed by atoms with E-state index < -0.39 is 0 Å². The number of amides is 2. The second kappa shape index (κ2) is 9.42. The van der Waals surface area contributed by atoms with Crippen molar-refractivity contribution in [3.05, 3.63) is 29.8 Å². The Balaban J connectivity index is 1.93. The van der Waals surface area contributed by atoms with Crippen molar-refractivity contribution >= 4 is 11.8 Å². The quantitative estimate of drug-likeness (QED) is 0.761. The van der Waals surface area contributed by atoms with Gasteiger partial charge < -0.3 is 19.7 Å². The Bertz CT molecular complexity index is 573. The molecule has 0 unspecified atom stereocenters. The number of benzene rings is 1. The molecule has 1 N–H and O–H groups in total. The third kappa shape index (κ3) is 5.46. The molecular formula is C19H28N2O4. The van der Waals surface area contributed by atoms with Crippen LogP contribution in [0.3, 0.4) is 0 Å². The van der Waals surface area contributed by atoms with Crippen LogP contribution < -0.4 is 10.1 Å². The molecule has 1 aliphatic heterocycles. The summed E-state index contributed by atoms with van der Waals surface area (Å²) in [6.07, 6.45) is 2.00. The lowest BCUT2D eigenvalue weighted by molar-refractivity contribution is -0.137. The maximum absolute atomic E-state index is 12.7. The Hall–Kier alpha value is -2.08. The summed E-state index contributed by atoms with van der Waals surface area (Å²) in [6, 6.07) is 7.68. The smallest absolute Gasteiger partial charge is 0.227 e. The van der Waals surface area contributed by atoms with Crippen molar-refractivity contribution in [3.8, 4) is 5.75 Å². The molecule has 0 aromatic heterocycles. The summed E-state index contributed by atoms with van der Waals surface area (Å²) < 4.78 is 10.1. The molecule has 1 aliphatic rings. The fourth-order valence-corrected chi connectivity index (χ4v) is 3.11. The normalized spacial score (nSPS) is 20.2. The van der Waals surface area contributed by atoms with Crippen LogP contribution in [0, 0.1) is 5.92 Å². The molecule has 1 aromatic rings. The number of piperidine rings is 1. The van der Waals surface area contributed by atoms with E-state index in [2.05, 4.69) is 5.32 Å². The third-order valence-electron chi connectivity index (χ3n) is 4.69. The lowest BCUT2D eigenvalue weighted by atomic mass is 9.92. The van der Waals surface area contributed by atoms with Gasteiger partial charge in [-0.2, -0.15) is 0 Å². The molecule has 6 nitrogen and oxygen atoms in total. The Morgan fingerprint density at radius 1 is 1.20 bits per heavy atom. The van der Waals surface area contributed by atoms with Gasteiger partial charge >= 0.3 is 0 Å². The highest BCUT2D eigenvalue weighted by Gasteiger charge is 2.32. The van der Waals surface area contributed by atoms with E-state index in [-0.39, 0.29) is 23.8 Å². The van der Waals surface area contributed by atoms with Crippen molar-refractivity contribution in [2.45, 2.75) is 32.2 Å². The van der Waals surface area contributed by atoms with Gasteiger partial charge in [-0.3, -0.25) is 9.59 Å². The minimum atomic E-state index is -0.145. The highest BCUT2D eigenvalue weighted by atomic mass is 16.5. The van der Waals surface area contributed by atoms with Crippen molar-refractivity contribution in [1.29, 1.82) is 0 Å². The van der Waals surface area contributed by atoms with Crippen molar-refractivity contribution in [3.63, 3.8) is 0 Å². The number of methoxy groups -OCH3 is 2. The standard InChI is InChI=1S/C19H28N2O4/c1-14-4-7-16(19(23)20-10-11-24-2)13-21(14)18(22)12-15-5-8-17(25-3)9-6-15/h5-6,8-9,14,16H,4,7,10-13H2,1-3H3,(H,20,23)/t14-,16+/m1/s1. The number of likely N-dealkylation sites (tertiary alicyclic amines) is 1. The molecule has 1 fully saturated rings. The zero-order chi connectivity index (χ0) is 18.2. The fraction of sp³-hybridized carbons (Fsp3) is 0.579. The van der Waals surface area contributed by atoms with Gasteiger partial charge in [0.05, 0.1) is 26.1 Å². The van der Waals surface area contributed by atoms with Gasteiger partial charge in [-0.15, -0.1) is 0 Å². The molecule has 6 heteroatoms. The summed E-state index contributed by atoms with van der Waals surface area (Å²) in [4.78, 5) is 26.8. The highest BCUT2D eigenvalue weighted by molar-refractivity contribution is 5.82. The molecule has 2 rings (SSSR count). The number of carbonyl (C=O) groups is 2. The first-order chi connectivity index (χ1) is 12.0. The van der Waals surface area contributed by atoms with Gasteiger partial charge in [-0.05, 0) is 37.5 Å². The van der Waals surface area contributed by atoms with E-state index in [9.17, 15) is 9.59 Å². The van der Waals surface area contributed by atoms with Crippen LogP contribution >= 0.6 is 0 Å². The summed E-state index contributed by atoms with van der Waals surface area (Å²) in [5.74, 6) is 0.696. The van der Waals surface area contributed by atoms with E-state index in [1.165, 1.54) is 0 Å². The second-order valence-corrected chi connectivity index (χ2v) is 6.48. The zero-order valence-corrected chi connectivity index (χ0v) is 15.3. The molecule has 138 valence electrons. The average Bonchev–Trinajstić information content (AvgIpc) is 2.62. The minimum absolute atomic E-state index is 0.00574. The van der Waals surface area contributed by atoms with E-state index in [1.807, 2.05) is 36.1 Å². The molecule has 1 heterocycles. The third-order valence-corrected chi connectivity index (χ3v) is 4.69. The van der Waals surface area contributed by atoms with Gasteiger partial charge in [-0.1, -0.05) is 12.1 Å². The number of hydrogen-bond acceptors (Lipinski definition) is 4. The van der Waals surface area contributed by atoms with Gasteiger partial charge in [0, 0.05) is 26.2 Å². The number of hydrogen-bond donors (Lipinski definition) is 1. The highest BCUT2D eigenvalue weighted by Crippen LogP contribution is 2.23. The lowest BCUT2D eigenvalue weighted by Gasteiger charge is -2.37. The van der Waals surface area contributed by atoms with E-state index in [4.69, 9.17) is 9.47 Å². The van der Waals surface area contributed by atoms with Crippen LogP contribution in [0.5, 0.6) is 5.75 Å². The molecule has 2 atom stereocenters. The van der Waals surface area contributed by atoms with E-state index in [0.717, 1.165) is 24.2 Å². The number of ether oxygens (including phenoxy) is 2.